The van der Waals surface area contributed by atoms with Crippen LogP contribution in [0, 0.1) is 11.8 Å². The molecule has 0 aromatic heterocycles. The Bertz CT molecular complexity index is 727. The Morgan fingerprint density at radius 1 is 1.20 bits per heavy atom. The third kappa shape index (κ3) is 4.12. The lowest BCUT2D eigenvalue weighted by atomic mass is 9.98. The minimum absolute atomic E-state index is 0. The van der Waals surface area contributed by atoms with Gasteiger partial charge in [0.2, 0.25) is 9.84 Å². The molecule has 0 radical (unpaired) electrons. The Morgan fingerprint density at radius 3 is 2.40 bits per heavy atom. The van der Waals surface area contributed by atoms with Gasteiger partial charge in [0.05, 0.1) is 5.75 Å². The van der Waals surface area contributed by atoms with E-state index >= 15 is 0 Å². The first-order chi connectivity index (χ1) is 11.3. The quantitative estimate of drug-likeness (QED) is 0.847. The summed E-state index contributed by atoms with van der Waals surface area (Å²) in [6.45, 7) is 1.34. The fourth-order valence-corrected chi connectivity index (χ4v) is 4.48. The summed E-state index contributed by atoms with van der Waals surface area (Å²) in [4.78, 5) is 14.3. The summed E-state index contributed by atoms with van der Waals surface area (Å²) in [5.41, 5.74) is 6.74. The minimum Gasteiger partial charge on any atom is -0.338 e. The molecular formula is C16H21ClF2N2O3S. The van der Waals surface area contributed by atoms with Gasteiger partial charge in [-0.2, -0.15) is 8.78 Å². The van der Waals surface area contributed by atoms with Gasteiger partial charge in [-0.3, -0.25) is 4.79 Å². The van der Waals surface area contributed by atoms with E-state index in [9.17, 15) is 22.0 Å². The zero-order chi connectivity index (χ0) is 17.5. The number of hydrogen-bond acceptors (Lipinski definition) is 4. The fourth-order valence-electron chi connectivity index (χ4n) is 3.69. The summed E-state index contributed by atoms with van der Waals surface area (Å²) in [5.74, 6) is -3.45. The molecule has 3 atom stereocenters. The van der Waals surface area contributed by atoms with Crippen molar-refractivity contribution in [2.75, 3.05) is 13.1 Å². The summed E-state index contributed by atoms with van der Waals surface area (Å²) in [7, 11) is -4.46. The first-order valence-corrected chi connectivity index (χ1v) is 9.63. The fraction of sp³-hybridized carbons (Fsp3) is 0.562. The Labute approximate surface area is 151 Å². The number of carbonyl (C=O) groups is 1. The van der Waals surface area contributed by atoms with Crippen molar-refractivity contribution in [1.29, 1.82) is 0 Å². The number of rotatable bonds is 4. The number of nitrogens with two attached hydrogens (primary N) is 1. The smallest absolute Gasteiger partial charge is 0.337 e. The normalized spacial score (nSPS) is 25.8. The molecule has 2 aliphatic rings. The lowest BCUT2D eigenvalue weighted by molar-refractivity contribution is 0.0779. The van der Waals surface area contributed by atoms with Crippen molar-refractivity contribution in [1.82, 2.24) is 4.90 Å². The van der Waals surface area contributed by atoms with Crippen molar-refractivity contribution in [3.63, 3.8) is 0 Å². The predicted molar refractivity (Wildman–Crippen MR) is 92.4 cm³/mol. The summed E-state index contributed by atoms with van der Waals surface area (Å²) >= 11 is 0. The highest BCUT2D eigenvalue weighted by atomic mass is 35.5. The molecule has 2 fully saturated rings. The van der Waals surface area contributed by atoms with Crippen LogP contribution in [0.15, 0.2) is 24.3 Å². The van der Waals surface area contributed by atoms with Crippen molar-refractivity contribution in [2.24, 2.45) is 17.6 Å². The van der Waals surface area contributed by atoms with Gasteiger partial charge in [-0.15, -0.1) is 12.4 Å². The van der Waals surface area contributed by atoms with Crippen molar-refractivity contribution >= 4 is 28.2 Å². The van der Waals surface area contributed by atoms with E-state index in [1.807, 2.05) is 0 Å². The van der Waals surface area contributed by atoms with Gasteiger partial charge in [0.25, 0.3) is 5.91 Å². The van der Waals surface area contributed by atoms with Crippen molar-refractivity contribution in [3.8, 4) is 0 Å². The Kier molecular flexibility index (Phi) is 6.06. The molecule has 2 N–H and O–H groups in total. The van der Waals surface area contributed by atoms with E-state index in [1.54, 1.807) is 4.90 Å². The monoisotopic (exact) mass is 394 g/mol. The van der Waals surface area contributed by atoms with Gasteiger partial charge >= 0.3 is 5.76 Å². The molecule has 140 valence electrons. The van der Waals surface area contributed by atoms with Crippen LogP contribution in [0.25, 0.3) is 0 Å². The molecule has 3 rings (SSSR count). The molecule has 3 unspecified atom stereocenters. The highest BCUT2D eigenvalue weighted by Gasteiger charge is 2.42. The van der Waals surface area contributed by atoms with Gasteiger partial charge in [0.15, 0.2) is 0 Å². The molecule has 1 heterocycles. The largest absolute Gasteiger partial charge is 0.338 e. The maximum atomic E-state index is 12.5. The zero-order valence-corrected chi connectivity index (χ0v) is 15.1. The van der Waals surface area contributed by atoms with E-state index in [4.69, 9.17) is 5.73 Å². The van der Waals surface area contributed by atoms with Crippen LogP contribution in [0.5, 0.6) is 0 Å². The lowest BCUT2D eigenvalue weighted by Gasteiger charge is -2.19. The number of alkyl halides is 2. The van der Waals surface area contributed by atoms with E-state index in [0.717, 1.165) is 12.8 Å². The molecule has 1 saturated heterocycles. The number of hydrogen-bond donors (Lipinski definition) is 1. The number of likely N-dealkylation sites (tertiary alicyclic amines) is 1. The number of amides is 1. The van der Waals surface area contributed by atoms with E-state index < -0.39 is 21.3 Å². The first-order valence-electron chi connectivity index (χ1n) is 7.91. The number of carbonyl (C=O) groups excluding carboxylic acids is 1. The summed E-state index contributed by atoms with van der Waals surface area (Å²) < 4.78 is 47.3. The Hall–Kier alpha value is -1.25. The highest BCUT2D eigenvalue weighted by molar-refractivity contribution is 7.90. The second kappa shape index (κ2) is 7.55. The summed E-state index contributed by atoms with van der Waals surface area (Å²) in [6.07, 6.45) is 2.05. The van der Waals surface area contributed by atoms with E-state index in [1.165, 1.54) is 24.3 Å². The molecule has 0 bridgehead atoms. The van der Waals surface area contributed by atoms with Crippen molar-refractivity contribution in [3.05, 3.63) is 35.4 Å². The third-order valence-electron chi connectivity index (χ3n) is 5.04. The molecule has 1 aromatic rings. The van der Waals surface area contributed by atoms with Crippen LogP contribution < -0.4 is 5.73 Å². The van der Waals surface area contributed by atoms with E-state index in [-0.39, 0.29) is 29.9 Å². The van der Waals surface area contributed by atoms with Crippen LogP contribution in [-0.4, -0.2) is 44.1 Å². The van der Waals surface area contributed by atoms with Crippen molar-refractivity contribution in [2.45, 2.75) is 30.4 Å². The SMILES string of the molecule is Cl.NC1CCC2CN(C(=O)c3ccc(CS(=O)(=O)C(F)F)cc3)CC12. The summed E-state index contributed by atoms with van der Waals surface area (Å²) in [6, 6.07) is 5.96. The predicted octanol–water partition coefficient (Wildman–Crippen LogP) is 2.06. The van der Waals surface area contributed by atoms with Crippen LogP contribution in [0.4, 0.5) is 8.78 Å². The summed E-state index contributed by atoms with van der Waals surface area (Å²) in [5, 5.41) is 0. The molecule has 0 spiro atoms. The Balaban J connectivity index is 0.00000225. The minimum atomic E-state index is -4.46. The van der Waals surface area contributed by atoms with Crippen molar-refractivity contribution < 1.29 is 22.0 Å². The molecule has 5 nitrogen and oxygen atoms in total. The number of benzene rings is 1. The number of nitrogens with zero attached hydrogens (tertiary/aromatic N) is 1. The molecule has 1 aromatic carbocycles. The van der Waals surface area contributed by atoms with E-state index in [2.05, 4.69) is 0 Å². The topological polar surface area (TPSA) is 80.5 Å². The van der Waals surface area contributed by atoms with Gasteiger partial charge in [0, 0.05) is 24.7 Å². The van der Waals surface area contributed by atoms with Gasteiger partial charge in [0.1, 0.15) is 0 Å². The maximum absolute atomic E-state index is 12.5. The van der Waals surface area contributed by atoms with Crippen LogP contribution in [-0.2, 0) is 15.6 Å². The lowest BCUT2D eigenvalue weighted by Crippen LogP contribution is -2.33. The third-order valence-corrected chi connectivity index (χ3v) is 6.32. The molecule has 9 heteroatoms. The first kappa shape index (κ1) is 20.1. The van der Waals surface area contributed by atoms with Crippen LogP contribution in [0.2, 0.25) is 0 Å². The van der Waals surface area contributed by atoms with Crippen LogP contribution >= 0.6 is 12.4 Å². The molecular weight excluding hydrogens is 374 g/mol. The maximum Gasteiger partial charge on any atom is 0.337 e. The van der Waals surface area contributed by atoms with Crippen LogP contribution in [0.1, 0.15) is 28.8 Å². The standard InChI is InChI=1S/C16H20F2N2O3S.ClH/c17-16(18)24(22,23)9-10-1-3-11(4-2-10)15(21)20-7-12-5-6-14(19)13(12)8-20;/h1-4,12-14,16H,5-9,19H2;1H. The second-order valence-corrected chi connectivity index (χ2v) is 8.61. The second-order valence-electron chi connectivity index (χ2n) is 6.64. The number of halogens is 3. The van der Waals surface area contributed by atoms with Gasteiger partial charge in [-0.05, 0) is 42.4 Å². The molecule has 1 aliphatic carbocycles. The average Bonchev–Trinajstić information content (AvgIpc) is 3.09. The molecule has 1 aliphatic heterocycles. The number of sulfone groups is 1. The molecule has 25 heavy (non-hydrogen) atoms. The van der Waals surface area contributed by atoms with Gasteiger partial charge < -0.3 is 10.6 Å². The highest BCUT2D eigenvalue weighted by Crippen LogP contribution is 2.37. The van der Waals surface area contributed by atoms with E-state index in [0.29, 0.717) is 30.5 Å². The van der Waals surface area contributed by atoms with Gasteiger partial charge in [-0.25, -0.2) is 8.42 Å². The van der Waals surface area contributed by atoms with Crippen LogP contribution in [0.3, 0.4) is 0 Å². The number of fused-ring (bicyclic) bond motifs is 1. The molecule has 1 amide bonds. The Morgan fingerprint density at radius 2 is 1.84 bits per heavy atom. The zero-order valence-electron chi connectivity index (χ0n) is 13.5. The molecule has 1 saturated carbocycles. The average molecular weight is 395 g/mol. The van der Waals surface area contributed by atoms with Gasteiger partial charge in [-0.1, -0.05) is 12.1 Å².